The summed E-state index contributed by atoms with van der Waals surface area (Å²) in [4.78, 5) is 0. The van der Waals surface area contributed by atoms with E-state index in [1.807, 2.05) is 41.8 Å². The van der Waals surface area contributed by atoms with E-state index in [1.54, 1.807) is 11.3 Å². The minimum atomic E-state index is 0.858. The molecule has 0 spiro atoms. The Balaban J connectivity index is 2.19. The fraction of sp³-hybridized carbons (Fsp3) is 0. The smallest absolute Gasteiger partial charge is 0.180 e. The summed E-state index contributed by atoms with van der Waals surface area (Å²) >= 11 is 4.98. The highest BCUT2D eigenvalue weighted by atomic mass is 79.9. The SMILES string of the molecule is Brc1cccc(Oc2cccs2)c1. The lowest BCUT2D eigenvalue weighted by Crippen LogP contribution is -1.79. The van der Waals surface area contributed by atoms with Crippen molar-refractivity contribution in [3.63, 3.8) is 0 Å². The van der Waals surface area contributed by atoms with Gasteiger partial charge in [-0.1, -0.05) is 22.0 Å². The van der Waals surface area contributed by atoms with E-state index >= 15 is 0 Å². The van der Waals surface area contributed by atoms with Crippen LogP contribution in [0.5, 0.6) is 10.8 Å². The fourth-order valence-corrected chi connectivity index (χ4v) is 1.94. The minimum Gasteiger partial charge on any atom is -0.447 e. The molecule has 1 nitrogen and oxygen atoms in total. The van der Waals surface area contributed by atoms with Crippen molar-refractivity contribution in [3.8, 4) is 10.8 Å². The number of ether oxygens (including phenoxy) is 1. The second kappa shape index (κ2) is 3.94. The summed E-state index contributed by atoms with van der Waals surface area (Å²) < 4.78 is 6.62. The van der Waals surface area contributed by atoms with Gasteiger partial charge in [-0.25, -0.2) is 0 Å². The van der Waals surface area contributed by atoms with Crippen molar-refractivity contribution >= 4 is 27.3 Å². The Morgan fingerprint density at radius 1 is 1.15 bits per heavy atom. The highest BCUT2D eigenvalue weighted by Crippen LogP contribution is 2.27. The molecule has 0 N–H and O–H groups in total. The van der Waals surface area contributed by atoms with E-state index in [2.05, 4.69) is 15.9 Å². The largest absolute Gasteiger partial charge is 0.447 e. The molecule has 0 aliphatic carbocycles. The average molecular weight is 255 g/mol. The number of rotatable bonds is 2. The van der Waals surface area contributed by atoms with Crippen molar-refractivity contribution in [2.45, 2.75) is 0 Å². The van der Waals surface area contributed by atoms with Crippen molar-refractivity contribution in [1.82, 2.24) is 0 Å². The molecule has 2 rings (SSSR count). The van der Waals surface area contributed by atoms with Gasteiger partial charge in [0.25, 0.3) is 0 Å². The summed E-state index contributed by atoms with van der Waals surface area (Å²) in [7, 11) is 0. The van der Waals surface area contributed by atoms with Gasteiger partial charge in [-0.15, -0.1) is 11.3 Å². The van der Waals surface area contributed by atoms with Gasteiger partial charge in [-0.3, -0.25) is 0 Å². The molecule has 3 heteroatoms. The Morgan fingerprint density at radius 2 is 2.08 bits per heavy atom. The van der Waals surface area contributed by atoms with Gasteiger partial charge in [-0.05, 0) is 35.7 Å². The first-order valence-corrected chi connectivity index (χ1v) is 5.49. The first kappa shape index (κ1) is 8.78. The lowest BCUT2D eigenvalue weighted by molar-refractivity contribution is 0.496. The Bertz CT molecular complexity index is 384. The van der Waals surface area contributed by atoms with Gasteiger partial charge in [0.2, 0.25) is 0 Å². The van der Waals surface area contributed by atoms with E-state index in [0.717, 1.165) is 15.3 Å². The summed E-state index contributed by atoms with van der Waals surface area (Å²) in [6, 6.07) is 11.7. The molecule has 0 unspecified atom stereocenters. The quantitative estimate of drug-likeness (QED) is 0.777. The third-order valence-electron chi connectivity index (χ3n) is 1.51. The molecule has 2 aromatic rings. The highest BCUT2D eigenvalue weighted by molar-refractivity contribution is 9.10. The molecular weight excluding hydrogens is 248 g/mol. The number of benzene rings is 1. The molecule has 0 saturated carbocycles. The molecule has 66 valence electrons. The molecule has 1 aromatic heterocycles. The van der Waals surface area contributed by atoms with Crippen LogP contribution in [0.1, 0.15) is 0 Å². The van der Waals surface area contributed by atoms with E-state index in [-0.39, 0.29) is 0 Å². The highest BCUT2D eigenvalue weighted by Gasteiger charge is 1.97. The second-order valence-corrected chi connectivity index (χ2v) is 4.32. The van der Waals surface area contributed by atoms with E-state index in [9.17, 15) is 0 Å². The molecule has 0 atom stereocenters. The zero-order chi connectivity index (χ0) is 9.10. The van der Waals surface area contributed by atoms with Crippen LogP contribution in [-0.4, -0.2) is 0 Å². The van der Waals surface area contributed by atoms with Crippen LogP contribution in [0, 0.1) is 0 Å². The topological polar surface area (TPSA) is 9.23 Å². The maximum atomic E-state index is 5.59. The molecule has 0 bridgehead atoms. The van der Waals surface area contributed by atoms with Crippen LogP contribution >= 0.6 is 27.3 Å². The molecule has 1 heterocycles. The van der Waals surface area contributed by atoms with E-state index in [1.165, 1.54) is 0 Å². The Kier molecular flexibility index (Phi) is 2.66. The van der Waals surface area contributed by atoms with E-state index in [4.69, 9.17) is 4.74 Å². The lowest BCUT2D eigenvalue weighted by atomic mass is 10.3. The van der Waals surface area contributed by atoms with Crippen molar-refractivity contribution in [2.24, 2.45) is 0 Å². The molecule has 0 radical (unpaired) electrons. The van der Waals surface area contributed by atoms with Gasteiger partial charge in [0, 0.05) is 4.47 Å². The molecule has 1 aromatic carbocycles. The predicted octanol–water partition coefficient (Wildman–Crippen LogP) is 4.30. The fourth-order valence-electron chi connectivity index (χ4n) is 0.968. The third-order valence-corrected chi connectivity index (χ3v) is 2.75. The summed E-state index contributed by atoms with van der Waals surface area (Å²) in [6.07, 6.45) is 0. The molecule has 0 aliphatic heterocycles. The lowest BCUT2D eigenvalue weighted by Gasteiger charge is -2.01. The predicted molar refractivity (Wildman–Crippen MR) is 58.5 cm³/mol. The summed E-state index contributed by atoms with van der Waals surface area (Å²) in [5.74, 6) is 0.858. The van der Waals surface area contributed by atoms with Crippen LogP contribution in [0.3, 0.4) is 0 Å². The van der Waals surface area contributed by atoms with Gasteiger partial charge in [0.05, 0.1) is 0 Å². The molecule has 0 fully saturated rings. The van der Waals surface area contributed by atoms with Crippen LogP contribution in [0.2, 0.25) is 0 Å². The number of thiophene rings is 1. The van der Waals surface area contributed by atoms with Gasteiger partial charge < -0.3 is 4.74 Å². The summed E-state index contributed by atoms with van der Waals surface area (Å²) in [5, 5.41) is 2.91. The van der Waals surface area contributed by atoms with Crippen LogP contribution in [-0.2, 0) is 0 Å². The van der Waals surface area contributed by atoms with Crippen LogP contribution < -0.4 is 4.74 Å². The number of hydrogen-bond donors (Lipinski definition) is 0. The Morgan fingerprint density at radius 3 is 2.77 bits per heavy atom. The van der Waals surface area contributed by atoms with Crippen molar-refractivity contribution in [1.29, 1.82) is 0 Å². The van der Waals surface area contributed by atoms with Crippen molar-refractivity contribution in [2.75, 3.05) is 0 Å². The zero-order valence-electron chi connectivity index (χ0n) is 6.74. The Hall–Kier alpha value is -0.800. The maximum absolute atomic E-state index is 5.59. The standard InChI is InChI=1S/C10H7BrOS/c11-8-3-1-4-9(7-8)12-10-5-2-6-13-10/h1-7H. The third kappa shape index (κ3) is 2.32. The number of halogens is 1. The normalized spacial score (nSPS) is 9.92. The first-order chi connectivity index (χ1) is 6.34. The zero-order valence-corrected chi connectivity index (χ0v) is 9.14. The van der Waals surface area contributed by atoms with Gasteiger partial charge in [-0.2, -0.15) is 0 Å². The van der Waals surface area contributed by atoms with Crippen LogP contribution in [0.15, 0.2) is 46.3 Å². The second-order valence-electron chi connectivity index (χ2n) is 2.49. The van der Waals surface area contributed by atoms with Crippen molar-refractivity contribution < 1.29 is 4.74 Å². The molecule has 0 amide bonds. The van der Waals surface area contributed by atoms with Crippen LogP contribution in [0.25, 0.3) is 0 Å². The average Bonchev–Trinajstić information content (AvgIpc) is 2.57. The van der Waals surface area contributed by atoms with Gasteiger partial charge in [0.1, 0.15) is 5.75 Å². The molecule has 0 saturated heterocycles. The monoisotopic (exact) mass is 254 g/mol. The van der Waals surface area contributed by atoms with Gasteiger partial charge in [0.15, 0.2) is 5.06 Å². The van der Waals surface area contributed by atoms with Gasteiger partial charge >= 0.3 is 0 Å². The summed E-state index contributed by atoms with van der Waals surface area (Å²) in [5.41, 5.74) is 0. The van der Waals surface area contributed by atoms with E-state index < -0.39 is 0 Å². The first-order valence-electron chi connectivity index (χ1n) is 3.81. The molecular formula is C10H7BrOS. The maximum Gasteiger partial charge on any atom is 0.180 e. The summed E-state index contributed by atoms with van der Waals surface area (Å²) in [6.45, 7) is 0. The molecule has 13 heavy (non-hydrogen) atoms. The van der Waals surface area contributed by atoms with Crippen LogP contribution in [0.4, 0.5) is 0 Å². The number of hydrogen-bond acceptors (Lipinski definition) is 2. The Labute approximate surface area is 89.1 Å². The van der Waals surface area contributed by atoms with Crippen molar-refractivity contribution in [3.05, 3.63) is 46.3 Å². The minimum absolute atomic E-state index is 0.858. The molecule has 0 aliphatic rings. The van der Waals surface area contributed by atoms with E-state index in [0.29, 0.717) is 0 Å².